The number of phenolic OH excluding ortho intramolecular Hbond substituents is 1. The monoisotopic (exact) mass is 339 g/mol. The normalized spacial score (nSPS) is 17.7. The average molecular weight is 339 g/mol. The number of aromatic hydroxyl groups is 1. The summed E-state index contributed by atoms with van der Waals surface area (Å²) in [6.07, 6.45) is 2.35. The molecule has 2 aromatic rings. The average Bonchev–Trinajstić information content (AvgIpc) is 3.07. The van der Waals surface area contributed by atoms with Gasteiger partial charge in [-0.2, -0.15) is 0 Å². The second-order valence-electron chi connectivity index (χ2n) is 7.32. The van der Waals surface area contributed by atoms with Gasteiger partial charge in [0.15, 0.2) is 0 Å². The van der Waals surface area contributed by atoms with Crippen LogP contribution in [-0.4, -0.2) is 39.2 Å². The lowest BCUT2D eigenvalue weighted by molar-refractivity contribution is 0.000221. The fraction of sp³-hybridized carbons (Fsp3) is 0.381. The molecule has 0 aromatic heterocycles. The van der Waals surface area contributed by atoms with E-state index in [1.54, 1.807) is 30.9 Å². The molecule has 0 spiro atoms. The third-order valence-corrected chi connectivity index (χ3v) is 4.87. The lowest BCUT2D eigenvalue weighted by Crippen LogP contribution is -2.48. The lowest BCUT2D eigenvalue weighted by Gasteiger charge is -2.34. The van der Waals surface area contributed by atoms with E-state index in [1.165, 1.54) is 0 Å². The highest BCUT2D eigenvalue weighted by Gasteiger charge is 2.39. The minimum absolute atomic E-state index is 0.0109. The molecule has 4 nitrogen and oxygen atoms in total. The topological polar surface area (TPSA) is 60.8 Å². The standard InChI is InChI=1S/C21H25NO3/c1-21(2,25)19-9-6-12-22(19)20(24)17-14-16(10-11-18(17)23)13-15-7-4-3-5-8-15/h3-5,7-8,10-11,14,19,23,25H,6,9,12-13H2,1-2H3. The molecule has 0 saturated carbocycles. The van der Waals surface area contributed by atoms with Crippen molar-refractivity contribution in [3.8, 4) is 5.75 Å². The lowest BCUT2D eigenvalue weighted by atomic mass is 9.95. The van der Waals surface area contributed by atoms with Crippen molar-refractivity contribution in [2.45, 2.75) is 44.8 Å². The maximum absolute atomic E-state index is 13.0. The molecule has 3 rings (SSSR count). The molecule has 0 aliphatic carbocycles. The summed E-state index contributed by atoms with van der Waals surface area (Å²) >= 11 is 0. The molecule has 1 aliphatic rings. The van der Waals surface area contributed by atoms with Crippen molar-refractivity contribution < 1.29 is 15.0 Å². The van der Waals surface area contributed by atoms with Gasteiger partial charge in [-0.15, -0.1) is 0 Å². The minimum Gasteiger partial charge on any atom is -0.507 e. The van der Waals surface area contributed by atoms with Crippen LogP contribution in [0.25, 0.3) is 0 Å². The Balaban J connectivity index is 1.86. The minimum atomic E-state index is -0.955. The van der Waals surface area contributed by atoms with Crippen molar-refractivity contribution >= 4 is 5.91 Å². The quantitative estimate of drug-likeness (QED) is 0.898. The second-order valence-corrected chi connectivity index (χ2v) is 7.32. The van der Waals surface area contributed by atoms with Crippen molar-refractivity contribution in [3.63, 3.8) is 0 Å². The van der Waals surface area contributed by atoms with Crippen molar-refractivity contribution in [1.29, 1.82) is 0 Å². The number of hydrogen-bond donors (Lipinski definition) is 2. The zero-order valence-corrected chi connectivity index (χ0v) is 14.8. The number of carbonyl (C=O) groups excluding carboxylic acids is 1. The summed E-state index contributed by atoms with van der Waals surface area (Å²) in [5.41, 5.74) is 1.49. The highest BCUT2D eigenvalue weighted by Crippen LogP contribution is 2.30. The van der Waals surface area contributed by atoms with Crippen LogP contribution in [0.2, 0.25) is 0 Å². The SMILES string of the molecule is CC(C)(O)C1CCCN1C(=O)c1cc(Cc2ccccc2)ccc1O. The van der Waals surface area contributed by atoms with Crippen molar-refractivity contribution in [3.05, 3.63) is 65.2 Å². The molecule has 0 bridgehead atoms. The summed E-state index contributed by atoms with van der Waals surface area (Å²) in [4.78, 5) is 14.7. The van der Waals surface area contributed by atoms with E-state index >= 15 is 0 Å². The van der Waals surface area contributed by atoms with Gasteiger partial charge in [-0.05, 0) is 56.4 Å². The first kappa shape index (κ1) is 17.5. The van der Waals surface area contributed by atoms with Gasteiger partial charge in [0.05, 0.1) is 17.2 Å². The van der Waals surface area contributed by atoms with E-state index in [1.807, 2.05) is 36.4 Å². The molecule has 1 amide bonds. The molecule has 1 heterocycles. The molecular formula is C21H25NO3. The van der Waals surface area contributed by atoms with Crippen LogP contribution in [0.3, 0.4) is 0 Å². The van der Waals surface area contributed by atoms with Gasteiger partial charge in [-0.3, -0.25) is 4.79 Å². The Labute approximate surface area is 148 Å². The third kappa shape index (κ3) is 3.85. The van der Waals surface area contributed by atoms with Crippen LogP contribution < -0.4 is 0 Å². The van der Waals surface area contributed by atoms with Gasteiger partial charge >= 0.3 is 0 Å². The summed E-state index contributed by atoms with van der Waals surface area (Å²) in [6, 6.07) is 15.0. The van der Waals surface area contributed by atoms with Crippen LogP contribution in [0, 0.1) is 0 Å². The van der Waals surface area contributed by atoms with Crippen LogP contribution in [0.1, 0.15) is 48.2 Å². The molecular weight excluding hydrogens is 314 g/mol. The maximum Gasteiger partial charge on any atom is 0.257 e. The molecule has 4 heteroatoms. The summed E-state index contributed by atoms with van der Waals surface area (Å²) < 4.78 is 0. The summed E-state index contributed by atoms with van der Waals surface area (Å²) in [5.74, 6) is -0.222. The molecule has 25 heavy (non-hydrogen) atoms. The van der Waals surface area contributed by atoms with Crippen LogP contribution in [-0.2, 0) is 6.42 Å². The zero-order chi connectivity index (χ0) is 18.0. The second kappa shape index (κ2) is 6.89. The first-order valence-electron chi connectivity index (χ1n) is 8.75. The van der Waals surface area contributed by atoms with Crippen molar-refractivity contribution in [2.75, 3.05) is 6.54 Å². The maximum atomic E-state index is 13.0. The predicted molar refractivity (Wildman–Crippen MR) is 97.7 cm³/mol. The molecule has 1 aliphatic heterocycles. The zero-order valence-electron chi connectivity index (χ0n) is 14.8. The number of hydrogen-bond acceptors (Lipinski definition) is 3. The molecule has 1 atom stereocenters. The van der Waals surface area contributed by atoms with Gasteiger partial charge in [-0.25, -0.2) is 0 Å². The number of benzene rings is 2. The Kier molecular flexibility index (Phi) is 4.82. The van der Waals surface area contributed by atoms with Crippen LogP contribution in [0.15, 0.2) is 48.5 Å². The summed E-state index contributed by atoms with van der Waals surface area (Å²) in [5, 5.41) is 20.6. The Bertz CT molecular complexity index is 749. The Morgan fingerprint density at radius 2 is 1.88 bits per heavy atom. The highest BCUT2D eigenvalue weighted by atomic mass is 16.3. The largest absolute Gasteiger partial charge is 0.507 e. The van der Waals surface area contributed by atoms with Crippen LogP contribution in [0.5, 0.6) is 5.75 Å². The van der Waals surface area contributed by atoms with Crippen molar-refractivity contribution in [1.82, 2.24) is 4.90 Å². The fourth-order valence-corrected chi connectivity index (χ4v) is 3.60. The molecule has 132 valence electrons. The molecule has 0 radical (unpaired) electrons. The fourth-order valence-electron chi connectivity index (χ4n) is 3.60. The molecule has 1 fully saturated rings. The van der Waals surface area contributed by atoms with Gasteiger partial charge in [0.2, 0.25) is 0 Å². The summed E-state index contributed by atoms with van der Waals surface area (Å²) in [6.45, 7) is 4.07. The number of likely N-dealkylation sites (tertiary alicyclic amines) is 1. The van der Waals surface area contributed by atoms with E-state index in [0.717, 1.165) is 24.0 Å². The number of phenols is 1. The van der Waals surface area contributed by atoms with E-state index in [4.69, 9.17) is 0 Å². The first-order valence-corrected chi connectivity index (χ1v) is 8.75. The van der Waals surface area contributed by atoms with E-state index in [0.29, 0.717) is 18.5 Å². The predicted octanol–water partition coefficient (Wildman–Crippen LogP) is 3.36. The molecule has 2 aromatic carbocycles. The Hall–Kier alpha value is -2.33. The molecule has 1 saturated heterocycles. The number of nitrogens with zero attached hydrogens (tertiary/aromatic N) is 1. The Morgan fingerprint density at radius 3 is 2.56 bits per heavy atom. The van der Waals surface area contributed by atoms with Crippen molar-refractivity contribution in [2.24, 2.45) is 0 Å². The van der Waals surface area contributed by atoms with Gasteiger partial charge < -0.3 is 15.1 Å². The van der Waals surface area contributed by atoms with Gasteiger partial charge in [0.1, 0.15) is 5.75 Å². The number of rotatable bonds is 4. The van der Waals surface area contributed by atoms with Gasteiger partial charge in [0.25, 0.3) is 5.91 Å². The smallest absolute Gasteiger partial charge is 0.257 e. The first-order chi connectivity index (χ1) is 11.9. The van der Waals surface area contributed by atoms with Crippen LogP contribution in [0.4, 0.5) is 0 Å². The summed E-state index contributed by atoms with van der Waals surface area (Å²) in [7, 11) is 0. The third-order valence-electron chi connectivity index (χ3n) is 4.87. The Morgan fingerprint density at radius 1 is 1.16 bits per heavy atom. The molecule has 2 N–H and O–H groups in total. The van der Waals surface area contributed by atoms with E-state index in [9.17, 15) is 15.0 Å². The number of carbonyl (C=O) groups is 1. The highest BCUT2D eigenvalue weighted by molar-refractivity contribution is 5.97. The molecule has 1 unspecified atom stereocenters. The van der Waals surface area contributed by atoms with Gasteiger partial charge in [0, 0.05) is 6.54 Å². The van der Waals surface area contributed by atoms with Crippen LogP contribution >= 0.6 is 0 Å². The van der Waals surface area contributed by atoms with Gasteiger partial charge in [-0.1, -0.05) is 36.4 Å². The van der Waals surface area contributed by atoms with E-state index < -0.39 is 5.60 Å². The van der Waals surface area contributed by atoms with E-state index in [2.05, 4.69) is 0 Å². The van der Waals surface area contributed by atoms with E-state index in [-0.39, 0.29) is 17.7 Å². The number of aliphatic hydroxyl groups is 1. The number of amides is 1.